The zero-order valence-corrected chi connectivity index (χ0v) is 19.8. The molecule has 2 N–H and O–H groups in total. The average Bonchev–Trinajstić information content (AvgIpc) is 3.13. The number of carbonyl (C=O) groups excluding carboxylic acids is 1. The van der Waals surface area contributed by atoms with Crippen LogP contribution in [0.15, 0.2) is 48.5 Å². The fourth-order valence-electron chi connectivity index (χ4n) is 4.34. The quantitative estimate of drug-likeness (QED) is 0.584. The van der Waals surface area contributed by atoms with E-state index in [1.54, 1.807) is 11.0 Å². The fraction of sp³-hybridized carbons (Fsp3) is 0.385. The second-order valence-corrected chi connectivity index (χ2v) is 9.76. The summed E-state index contributed by atoms with van der Waals surface area (Å²) in [6, 6.07) is 14.4. The van der Waals surface area contributed by atoms with Gasteiger partial charge in [-0.2, -0.15) is 0 Å². The molecule has 0 saturated carbocycles. The third-order valence-corrected chi connectivity index (χ3v) is 6.07. The van der Waals surface area contributed by atoms with E-state index in [1.165, 1.54) is 12.1 Å². The van der Waals surface area contributed by atoms with Gasteiger partial charge in [-0.3, -0.25) is 4.79 Å². The van der Waals surface area contributed by atoms with Crippen molar-refractivity contribution in [2.75, 3.05) is 11.9 Å². The number of nitrogens with one attached hydrogen (secondary N) is 1. The van der Waals surface area contributed by atoms with Gasteiger partial charge in [0.1, 0.15) is 29.3 Å². The minimum absolute atomic E-state index is 0.177. The minimum Gasteiger partial charge on any atom is -0.383 e. The molecule has 7 heteroatoms. The number of hydrogen-bond donors (Lipinski definition) is 2. The lowest BCUT2D eigenvalue weighted by molar-refractivity contribution is -0.145. The smallest absolute Gasteiger partial charge is 0.252 e. The zero-order valence-electron chi connectivity index (χ0n) is 19.8. The second kappa shape index (κ2) is 8.63. The van der Waals surface area contributed by atoms with E-state index in [-0.39, 0.29) is 24.2 Å². The Labute approximate surface area is 194 Å². The molecule has 1 aliphatic heterocycles. The van der Waals surface area contributed by atoms with Crippen molar-refractivity contribution in [3.63, 3.8) is 0 Å². The maximum atomic E-state index is 14.1. The van der Waals surface area contributed by atoms with Gasteiger partial charge in [0.15, 0.2) is 0 Å². The first-order valence-electron chi connectivity index (χ1n) is 11.3. The Morgan fingerprint density at radius 3 is 2.52 bits per heavy atom. The molecule has 2 aromatic carbocycles. The molecule has 1 aromatic heterocycles. The molecule has 1 amide bonds. The van der Waals surface area contributed by atoms with Crippen LogP contribution in [0.4, 0.5) is 15.9 Å². The van der Waals surface area contributed by atoms with Crippen molar-refractivity contribution in [1.29, 1.82) is 0 Å². The molecule has 0 spiro atoms. The number of aromatic nitrogens is 2. The number of nitrogens with zero attached hydrogens (tertiary/aromatic N) is 3. The highest BCUT2D eigenvalue weighted by molar-refractivity contribution is 5.82. The lowest BCUT2D eigenvalue weighted by Crippen LogP contribution is -2.52. The molecule has 1 aliphatic rings. The van der Waals surface area contributed by atoms with Crippen LogP contribution in [0.3, 0.4) is 0 Å². The molecule has 0 bridgehead atoms. The summed E-state index contributed by atoms with van der Waals surface area (Å²) in [5.41, 5.74) is 2.81. The Kier molecular flexibility index (Phi) is 6.01. The van der Waals surface area contributed by atoms with Gasteiger partial charge in [0.05, 0.1) is 12.1 Å². The molecule has 33 heavy (non-hydrogen) atoms. The minimum atomic E-state index is -1.06. The number of aryl methyl sites for hydroxylation is 1. The monoisotopic (exact) mass is 450 g/mol. The van der Waals surface area contributed by atoms with Crippen molar-refractivity contribution in [1.82, 2.24) is 14.5 Å². The van der Waals surface area contributed by atoms with Crippen molar-refractivity contribution in [2.24, 2.45) is 5.92 Å². The highest BCUT2D eigenvalue weighted by Gasteiger charge is 2.39. The van der Waals surface area contributed by atoms with E-state index in [0.717, 1.165) is 17.1 Å². The van der Waals surface area contributed by atoms with Crippen LogP contribution in [0.1, 0.15) is 39.1 Å². The van der Waals surface area contributed by atoms with Crippen LogP contribution in [0.5, 0.6) is 0 Å². The third-order valence-electron chi connectivity index (χ3n) is 6.07. The van der Waals surface area contributed by atoms with E-state index in [9.17, 15) is 14.3 Å². The van der Waals surface area contributed by atoms with E-state index in [1.807, 2.05) is 65.0 Å². The predicted molar refractivity (Wildman–Crippen MR) is 128 cm³/mol. The topological polar surface area (TPSA) is 70.4 Å². The molecule has 0 unspecified atom stereocenters. The van der Waals surface area contributed by atoms with E-state index in [0.29, 0.717) is 23.6 Å². The maximum absolute atomic E-state index is 14.1. The number of benzene rings is 2. The Balaban J connectivity index is 1.82. The van der Waals surface area contributed by atoms with Gasteiger partial charge in [0.25, 0.3) is 5.91 Å². The number of aliphatic hydroxyl groups is 1. The SMILES string of the molecule is Cc1ccc(Nc2c(-c3cccc(F)c3)nc3n2C(C)(C)CN(C(=O)[C@@H](O)C(C)C)C3)cc1. The largest absolute Gasteiger partial charge is 0.383 e. The number of anilines is 2. The Bertz CT molecular complexity index is 1170. The number of halogens is 1. The summed E-state index contributed by atoms with van der Waals surface area (Å²) in [5.74, 6) is 0.623. The van der Waals surface area contributed by atoms with Crippen molar-refractivity contribution < 1.29 is 14.3 Å². The van der Waals surface area contributed by atoms with Crippen LogP contribution in [0, 0.1) is 18.7 Å². The normalized spacial score (nSPS) is 15.9. The van der Waals surface area contributed by atoms with Crippen LogP contribution in [0.2, 0.25) is 0 Å². The van der Waals surface area contributed by atoms with Crippen LogP contribution < -0.4 is 5.32 Å². The lowest BCUT2D eigenvalue weighted by Gasteiger charge is -2.41. The van der Waals surface area contributed by atoms with Gasteiger partial charge < -0.3 is 19.9 Å². The van der Waals surface area contributed by atoms with Crippen LogP contribution in [-0.2, 0) is 16.9 Å². The summed E-state index contributed by atoms with van der Waals surface area (Å²) in [6.45, 7) is 10.4. The molecular weight excluding hydrogens is 419 g/mol. The zero-order chi connectivity index (χ0) is 23.9. The van der Waals surface area contributed by atoms with Gasteiger partial charge in [0.2, 0.25) is 0 Å². The van der Waals surface area contributed by atoms with Crippen LogP contribution in [0.25, 0.3) is 11.3 Å². The molecule has 174 valence electrons. The van der Waals surface area contributed by atoms with Crippen molar-refractivity contribution in [2.45, 2.75) is 52.8 Å². The summed E-state index contributed by atoms with van der Waals surface area (Å²) in [5, 5.41) is 13.9. The van der Waals surface area contributed by atoms with E-state index >= 15 is 0 Å². The molecule has 6 nitrogen and oxygen atoms in total. The number of fused-ring (bicyclic) bond motifs is 1. The third kappa shape index (κ3) is 4.50. The first-order valence-corrected chi connectivity index (χ1v) is 11.3. The molecule has 3 aromatic rings. The maximum Gasteiger partial charge on any atom is 0.252 e. The molecule has 0 aliphatic carbocycles. The summed E-state index contributed by atoms with van der Waals surface area (Å²) < 4.78 is 16.2. The highest BCUT2D eigenvalue weighted by atomic mass is 19.1. The number of imidazole rings is 1. The van der Waals surface area contributed by atoms with E-state index in [2.05, 4.69) is 9.88 Å². The first kappa shape index (κ1) is 23.0. The van der Waals surface area contributed by atoms with Crippen LogP contribution in [-0.4, -0.2) is 38.1 Å². The Morgan fingerprint density at radius 2 is 1.88 bits per heavy atom. The number of carbonyl (C=O) groups is 1. The van der Waals surface area contributed by atoms with Gasteiger partial charge in [-0.25, -0.2) is 9.37 Å². The van der Waals surface area contributed by atoms with Gasteiger partial charge in [-0.15, -0.1) is 0 Å². The number of amides is 1. The second-order valence-electron chi connectivity index (χ2n) is 9.76. The van der Waals surface area contributed by atoms with Gasteiger partial charge in [-0.1, -0.05) is 43.7 Å². The van der Waals surface area contributed by atoms with Gasteiger partial charge >= 0.3 is 0 Å². The molecule has 2 heterocycles. The van der Waals surface area contributed by atoms with Crippen LogP contribution >= 0.6 is 0 Å². The van der Waals surface area contributed by atoms with Gasteiger partial charge in [0, 0.05) is 17.8 Å². The highest BCUT2D eigenvalue weighted by Crippen LogP contribution is 2.39. The molecule has 0 saturated heterocycles. The summed E-state index contributed by atoms with van der Waals surface area (Å²) in [6.07, 6.45) is -1.06. The first-order chi connectivity index (χ1) is 15.6. The Morgan fingerprint density at radius 1 is 1.18 bits per heavy atom. The standard InChI is InChI=1S/C26H31FN4O2/c1-16(2)23(32)25(33)30-14-21-29-22(18-7-6-8-19(27)13-18)24(31(21)26(4,5)15-30)28-20-11-9-17(3)10-12-20/h6-13,16,23,28,32H,14-15H2,1-5H3/t23-/m0/s1. The lowest BCUT2D eigenvalue weighted by atomic mass is 9.99. The van der Waals surface area contributed by atoms with Crippen molar-refractivity contribution in [3.8, 4) is 11.3 Å². The molecular formula is C26H31FN4O2. The van der Waals surface area contributed by atoms with Crippen molar-refractivity contribution >= 4 is 17.4 Å². The fourth-order valence-corrected chi connectivity index (χ4v) is 4.34. The molecule has 0 fully saturated rings. The molecule has 0 radical (unpaired) electrons. The van der Waals surface area contributed by atoms with Crippen molar-refractivity contribution in [3.05, 3.63) is 65.7 Å². The molecule has 4 rings (SSSR count). The molecule has 1 atom stereocenters. The Hall–Kier alpha value is -3.19. The summed E-state index contributed by atoms with van der Waals surface area (Å²) >= 11 is 0. The number of aliphatic hydroxyl groups excluding tert-OH is 1. The number of rotatable bonds is 5. The summed E-state index contributed by atoms with van der Waals surface area (Å²) in [7, 11) is 0. The summed E-state index contributed by atoms with van der Waals surface area (Å²) in [4.78, 5) is 19.5. The van der Waals surface area contributed by atoms with E-state index < -0.39 is 11.6 Å². The average molecular weight is 451 g/mol. The predicted octanol–water partition coefficient (Wildman–Crippen LogP) is 4.84. The van der Waals surface area contributed by atoms with E-state index in [4.69, 9.17) is 4.98 Å². The van der Waals surface area contributed by atoms with Gasteiger partial charge in [-0.05, 0) is 51.0 Å². The number of hydrogen-bond acceptors (Lipinski definition) is 4.